The Bertz CT molecular complexity index is 274. The number of hydrogen-bond acceptors (Lipinski definition) is 3. The fourth-order valence-corrected chi connectivity index (χ4v) is 4.41. The maximum Gasteiger partial charge on any atom is 0.0434 e. The summed E-state index contributed by atoms with van der Waals surface area (Å²) in [4.78, 5) is 2.71. The van der Waals surface area contributed by atoms with Crippen LogP contribution in [0.4, 0.5) is 0 Å². The van der Waals surface area contributed by atoms with Gasteiger partial charge in [-0.25, -0.2) is 0 Å². The third kappa shape index (κ3) is 5.54. The van der Waals surface area contributed by atoms with Gasteiger partial charge in [-0.05, 0) is 62.9 Å². The molecule has 124 valence electrons. The highest BCUT2D eigenvalue weighted by molar-refractivity contribution is 4.89. The SMILES string of the molecule is CCCNCC1(CN2CCCC(CCO)C2)CCCCC1. The summed E-state index contributed by atoms with van der Waals surface area (Å²) in [6, 6.07) is 0. The Morgan fingerprint density at radius 2 is 2.00 bits per heavy atom. The summed E-state index contributed by atoms with van der Waals surface area (Å²) in [7, 11) is 0. The molecule has 21 heavy (non-hydrogen) atoms. The molecule has 1 saturated carbocycles. The molecule has 0 aromatic heterocycles. The zero-order chi connectivity index (χ0) is 15.0. The number of rotatable bonds is 8. The second kappa shape index (κ2) is 9.12. The Kier molecular flexibility index (Phi) is 7.48. The lowest BCUT2D eigenvalue weighted by molar-refractivity contribution is 0.0670. The van der Waals surface area contributed by atoms with Crippen molar-refractivity contribution in [2.75, 3.05) is 39.3 Å². The minimum absolute atomic E-state index is 0.363. The van der Waals surface area contributed by atoms with Gasteiger partial charge >= 0.3 is 0 Å². The van der Waals surface area contributed by atoms with Crippen molar-refractivity contribution < 1.29 is 5.11 Å². The molecule has 0 radical (unpaired) electrons. The Morgan fingerprint density at radius 3 is 2.71 bits per heavy atom. The summed E-state index contributed by atoms with van der Waals surface area (Å²) in [6.45, 7) is 8.77. The molecule has 0 aromatic carbocycles. The Labute approximate surface area is 131 Å². The second-order valence-corrected chi connectivity index (χ2v) is 7.49. The average Bonchev–Trinajstić information content (AvgIpc) is 2.49. The van der Waals surface area contributed by atoms with Crippen LogP contribution >= 0.6 is 0 Å². The lowest BCUT2D eigenvalue weighted by atomic mass is 9.73. The van der Waals surface area contributed by atoms with Crippen LogP contribution in [0.3, 0.4) is 0 Å². The summed E-state index contributed by atoms with van der Waals surface area (Å²) < 4.78 is 0. The molecule has 2 rings (SSSR count). The van der Waals surface area contributed by atoms with Crippen molar-refractivity contribution in [3.63, 3.8) is 0 Å². The molecule has 1 atom stereocenters. The molecule has 2 aliphatic rings. The fraction of sp³-hybridized carbons (Fsp3) is 1.00. The van der Waals surface area contributed by atoms with E-state index >= 15 is 0 Å². The van der Waals surface area contributed by atoms with Gasteiger partial charge < -0.3 is 15.3 Å². The first kappa shape index (κ1) is 17.2. The normalized spacial score (nSPS) is 26.9. The van der Waals surface area contributed by atoms with E-state index in [-0.39, 0.29) is 0 Å². The van der Waals surface area contributed by atoms with Crippen LogP contribution in [0.1, 0.15) is 64.7 Å². The van der Waals surface area contributed by atoms with Gasteiger partial charge in [0.25, 0.3) is 0 Å². The largest absolute Gasteiger partial charge is 0.396 e. The molecule has 1 heterocycles. The summed E-state index contributed by atoms with van der Waals surface area (Å²) >= 11 is 0. The number of hydrogen-bond donors (Lipinski definition) is 2. The monoisotopic (exact) mass is 296 g/mol. The van der Waals surface area contributed by atoms with Crippen LogP contribution in [0, 0.1) is 11.3 Å². The van der Waals surface area contributed by atoms with Crippen LogP contribution in [-0.2, 0) is 0 Å². The van der Waals surface area contributed by atoms with Gasteiger partial charge in [-0.2, -0.15) is 0 Å². The molecule has 0 amide bonds. The van der Waals surface area contributed by atoms with E-state index < -0.39 is 0 Å². The predicted octanol–water partition coefficient (Wildman–Crippen LogP) is 3.03. The maximum absolute atomic E-state index is 9.19. The van der Waals surface area contributed by atoms with E-state index in [1.54, 1.807) is 0 Å². The molecule has 1 unspecified atom stereocenters. The highest BCUT2D eigenvalue weighted by Crippen LogP contribution is 2.37. The standard InChI is InChI=1S/C18H36N2O/c1-2-11-19-15-18(9-4-3-5-10-18)16-20-12-6-7-17(14-20)8-13-21/h17,19,21H,2-16H2,1H3. The van der Waals surface area contributed by atoms with Crippen LogP contribution in [0.2, 0.25) is 0 Å². The minimum Gasteiger partial charge on any atom is -0.396 e. The van der Waals surface area contributed by atoms with Gasteiger partial charge in [-0.15, -0.1) is 0 Å². The van der Waals surface area contributed by atoms with E-state index in [2.05, 4.69) is 17.1 Å². The number of piperidine rings is 1. The fourth-order valence-electron chi connectivity index (χ4n) is 4.41. The molecule has 1 aliphatic carbocycles. The summed E-state index contributed by atoms with van der Waals surface area (Å²) in [5, 5.41) is 12.9. The molecule has 2 fully saturated rings. The van der Waals surface area contributed by atoms with E-state index in [0.29, 0.717) is 12.0 Å². The second-order valence-electron chi connectivity index (χ2n) is 7.49. The lowest BCUT2D eigenvalue weighted by Gasteiger charge is -2.44. The van der Waals surface area contributed by atoms with Crippen molar-refractivity contribution >= 4 is 0 Å². The maximum atomic E-state index is 9.19. The lowest BCUT2D eigenvalue weighted by Crippen LogP contribution is -2.48. The zero-order valence-corrected chi connectivity index (χ0v) is 14.1. The molecule has 3 nitrogen and oxygen atoms in total. The van der Waals surface area contributed by atoms with Crippen LogP contribution in [0.25, 0.3) is 0 Å². The Hall–Kier alpha value is -0.120. The molecular weight excluding hydrogens is 260 g/mol. The van der Waals surface area contributed by atoms with Crippen LogP contribution in [-0.4, -0.2) is 49.3 Å². The third-order valence-corrected chi connectivity index (χ3v) is 5.54. The van der Waals surface area contributed by atoms with Crippen molar-refractivity contribution in [1.29, 1.82) is 0 Å². The first-order valence-corrected chi connectivity index (χ1v) is 9.32. The highest BCUT2D eigenvalue weighted by Gasteiger charge is 2.34. The van der Waals surface area contributed by atoms with Gasteiger partial charge in [0, 0.05) is 26.2 Å². The van der Waals surface area contributed by atoms with E-state index in [9.17, 15) is 5.11 Å². The first-order valence-electron chi connectivity index (χ1n) is 9.32. The van der Waals surface area contributed by atoms with Gasteiger partial charge in [-0.3, -0.25) is 0 Å². The van der Waals surface area contributed by atoms with Gasteiger partial charge in [0.05, 0.1) is 0 Å². The van der Waals surface area contributed by atoms with Crippen LogP contribution in [0.15, 0.2) is 0 Å². The van der Waals surface area contributed by atoms with Crippen LogP contribution < -0.4 is 5.32 Å². The van der Waals surface area contributed by atoms with E-state index in [0.717, 1.165) is 18.9 Å². The number of aliphatic hydroxyl groups is 1. The summed E-state index contributed by atoms with van der Waals surface area (Å²) in [5.41, 5.74) is 0.522. The van der Waals surface area contributed by atoms with Crippen molar-refractivity contribution in [2.45, 2.75) is 64.7 Å². The summed E-state index contributed by atoms with van der Waals surface area (Å²) in [5.74, 6) is 0.730. The highest BCUT2D eigenvalue weighted by atomic mass is 16.3. The molecule has 1 aliphatic heterocycles. The molecule has 0 bridgehead atoms. The molecule has 3 heteroatoms. The van der Waals surface area contributed by atoms with Crippen molar-refractivity contribution in [1.82, 2.24) is 10.2 Å². The number of likely N-dealkylation sites (tertiary alicyclic amines) is 1. The van der Waals surface area contributed by atoms with E-state index in [4.69, 9.17) is 0 Å². The number of aliphatic hydroxyl groups excluding tert-OH is 1. The van der Waals surface area contributed by atoms with Gasteiger partial charge in [0.1, 0.15) is 0 Å². The molecule has 2 N–H and O–H groups in total. The van der Waals surface area contributed by atoms with Gasteiger partial charge in [0.15, 0.2) is 0 Å². The number of nitrogens with zero attached hydrogens (tertiary/aromatic N) is 1. The topological polar surface area (TPSA) is 35.5 Å². The number of nitrogens with one attached hydrogen (secondary N) is 1. The molecular formula is C18H36N2O. The Balaban J connectivity index is 1.87. The first-order chi connectivity index (χ1) is 10.3. The third-order valence-electron chi connectivity index (χ3n) is 5.54. The van der Waals surface area contributed by atoms with Gasteiger partial charge in [0.2, 0.25) is 0 Å². The van der Waals surface area contributed by atoms with E-state index in [1.165, 1.54) is 77.5 Å². The molecule has 0 spiro atoms. The van der Waals surface area contributed by atoms with Crippen molar-refractivity contribution in [2.24, 2.45) is 11.3 Å². The Morgan fingerprint density at radius 1 is 1.19 bits per heavy atom. The predicted molar refractivity (Wildman–Crippen MR) is 89.5 cm³/mol. The van der Waals surface area contributed by atoms with Gasteiger partial charge in [-0.1, -0.05) is 26.2 Å². The van der Waals surface area contributed by atoms with Crippen molar-refractivity contribution in [3.8, 4) is 0 Å². The van der Waals surface area contributed by atoms with Crippen LogP contribution in [0.5, 0.6) is 0 Å². The smallest absolute Gasteiger partial charge is 0.0434 e. The average molecular weight is 296 g/mol. The molecule has 0 aromatic rings. The quantitative estimate of drug-likeness (QED) is 0.676. The zero-order valence-electron chi connectivity index (χ0n) is 14.1. The molecule has 1 saturated heterocycles. The van der Waals surface area contributed by atoms with Crippen molar-refractivity contribution in [3.05, 3.63) is 0 Å². The summed E-state index contributed by atoms with van der Waals surface area (Å²) in [6.07, 6.45) is 12.0. The minimum atomic E-state index is 0.363. The van der Waals surface area contributed by atoms with E-state index in [1.807, 2.05) is 0 Å².